The van der Waals surface area contributed by atoms with Crippen molar-refractivity contribution in [2.24, 2.45) is 0 Å². The van der Waals surface area contributed by atoms with Gasteiger partial charge in [0.1, 0.15) is 5.70 Å². The summed E-state index contributed by atoms with van der Waals surface area (Å²) in [5.41, 5.74) is 3.33. The van der Waals surface area contributed by atoms with Gasteiger partial charge in [0.15, 0.2) is 0 Å². The minimum atomic E-state index is -0.485. The number of para-hydroxylation sites is 2. The highest BCUT2D eigenvalue weighted by atomic mass is 35.5. The number of halogens is 1. The number of benzene rings is 5. The molecule has 8 heteroatoms. The van der Waals surface area contributed by atoms with Gasteiger partial charge in [0, 0.05) is 32.5 Å². The van der Waals surface area contributed by atoms with Crippen molar-refractivity contribution in [2.45, 2.75) is 4.90 Å². The number of carbonyl (C=O) groups is 3. The minimum Gasteiger partial charge on any atom is -0.321 e. The van der Waals surface area contributed by atoms with Crippen LogP contribution >= 0.6 is 23.4 Å². The molecule has 6 nitrogen and oxygen atoms in total. The SMILES string of the molecule is O=C(Nc1ccc(SCC(=O)N(c2ccccc2)c2ccccc2)cc1)/C(=C/c1ccc(Cl)cc1)NC(=O)c1ccccc1. The quantitative estimate of drug-likeness (QED) is 0.122. The minimum absolute atomic E-state index is 0.0593. The molecule has 5 aromatic carbocycles. The Hall–Kier alpha value is -5.11. The van der Waals surface area contributed by atoms with Gasteiger partial charge in [-0.1, -0.05) is 78.3 Å². The van der Waals surface area contributed by atoms with Crippen molar-refractivity contribution in [1.29, 1.82) is 0 Å². The summed E-state index contributed by atoms with van der Waals surface area (Å²) in [7, 11) is 0. The van der Waals surface area contributed by atoms with Crippen LogP contribution in [0.5, 0.6) is 0 Å². The highest BCUT2D eigenvalue weighted by Crippen LogP contribution is 2.28. The summed E-state index contributed by atoms with van der Waals surface area (Å²) in [6.45, 7) is 0. The lowest BCUT2D eigenvalue weighted by Crippen LogP contribution is -2.30. The molecule has 5 rings (SSSR count). The molecule has 0 saturated carbocycles. The number of carbonyl (C=O) groups excluding carboxylic acids is 3. The molecule has 0 unspecified atom stereocenters. The Bertz CT molecular complexity index is 1710. The molecule has 5 aromatic rings. The van der Waals surface area contributed by atoms with Crippen LogP contribution in [-0.4, -0.2) is 23.5 Å². The highest BCUT2D eigenvalue weighted by molar-refractivity contribution is 8.00. The Morgan fingerprint density at radius 1 is 0.682 bits per heavy atom. The standard InChI is InChI=1S/C36H28ClN3O3S/c37-28-18-16-26(17-19-28)24-33(39-35(42)27-10-4-1-5-11-27)36(43)38-29-20-22-32(23-21-29)44-25-34(41)40(30-12-6-2-7-13-30)31-14-8-3-9-15-31/h1-24H,25H2,(H,38,43)(H,39,42)/b33-24-. The third-order valence-corrected chi connectivity index (χ3v) is 7.71. The first-order valence-electron chi connectivity index (χ1n) is 13.8. The number of nitrogens with zero attached hydrogens (tertiary/aromatic N) is 1. The van der Waals surface area contributed by atoms with Crippen molar-refractivity contribution in [2.75, 3.05) is 16.0 Å². The molecule has 0 aliphatic heterocycles. The molecule has 0 spiro atoms. The lowest BCUT2D eigenvalue weighted by atomic mass is 10.1. The van der Waals surface area contributed by atoms with Crippen LogP contribution in [0.3, 0.4) is 0 Å². The summed E-state index contributed by atoms with van der Waals surface area (Å²) in [6, 6.07) is 41.9. The van der Waals surface area contributed by atoms with Gasteiger partial charge in [0.25, 0.3) is 11.8 Å². The van der Waals surface area contributed by atoms with Gasteiger partial charge in [0.2, 0.25) is 5.91 Å². The zero-order chi connectivity index (χ0) is 30.7. The first-order valence-corrected chi connectivity index (χ1v) is 15.1. The molecule has 0 aromatic heterocycles. The molecule has 218 valence electrons. The summed E-state index contributed by atoms with van der Waals surface area (Å²) >= 11 is 7.42. The number of amides is 3. The van der Waals surface area contributed by atoms with Crippen LogP contribution in [0.4, 0.5) is 17.1 Å². The second-order valence-corrected chi connectivity index (χ2v) is 11.1. The third kappa shape index (κ3) is 8.25. The van der Waals surface area contributed by atoms with E-state index < -0.39 is 11.8 Å². The number of rotatable bonds is 10. The van der Waals surface area contributed by atoms with Gasteiger partial charge >= 0.3 is 0 Å². The number of hydrogen-bond acceptors (Lipinski definition) is 4. The van der Waals surface area contributed by atoms with Crippen molar-refractivity contribution in [3.8, 4) is 0 Å². The van der Waals surface area contributed by atoms with Gasteiger partial charge in [-0.15, -0.1) is 11.8 Å². The van der Waals surface area contributed by atoms with E-state index in [1.54, 1.807) is 71.6 Å². The van der Waals surface area contributed by atoms with E-state index in [1.165, 1.54) is 11.8 Å². The van der Waals surface area contributed by atoms with Crippen LogP contribution < -0.4 is 15.5 Å². The van der Waals surface area contributed by atoms with Crippen molar-refractivity contribution in [1.82, 2.24) is 5.32 Å². The van der Waals surface area contributed by atoms with Gasteiger partial charge in [-0.3, -0.25) is 19.3 Å². The highest BCUT2D eigenvalue weighted by Gasteiger charge is 2.18. The van der Waals surface area contributed by atoms with Crippen molar-refractivity contribution >= 4 is 64.2 Å². The zero-order valence-corrected chi connectivity index (χ0v) is 25.1. The van der Waals surface area contributed by atoms with E-state index in [0.29, 0.717) is 21.8 Å². The van der Waals surface area contributed by atoms with Crippen LogP contribution in [-0.2, 0) is 9.59 Å². The zero-order valence-electron chi connectivity index (χ0n) is 23.5. The Morgan fingerprint density at radius 3 is 1.80 bits per heavy atom. The summed E-state index contributed by atoms with van der Waals surface area (Å²) in [5, 5.41) is 6.14. The maximum Gasteiger partial charge on any atom is 0.272 e. The maximum absolute atomic E-state index is 13.4. The molecule has 44 heavy (non-hydrogen) atoms. The Kier molecular flexibility index (Phi) is 10.3. The molecule has 0 aliphatic rings. The van der Waals surface area contributed by atoms with Crippen LogP contribution in [0.2, 0.25) is 5.02 Å². The lowest BCUT2D eigenvalue weighted by Gasteiger charge is -2.23. The molecule has 2 N–H and O–H groups in total. The first-order chi connectivity index (χ1) is 21.5. The van der Waals surface area contributed by atoms with E-state index in [0.717, 1.165) is 16.3 Å². The van der Waals surface area contributed by atoms with E-state index in [9.17, 15) is 14.4 Å². The second-order valence-electron chi connectivity index (χ2n) is 9.60. The van der Waals surface area contributed by atoms with Gasteiger partial charge in [0.05, 0.1) is 5.75 Å². The van der Waals surface area contributed by atoms with Crippen molar-refractivity contribution < 1.29 is 14.4 Å². The molecule has 0 radical (unpaired) electrons. The molecular weight excluding hydrogens is 590 g/mol. The van der Waals surface area contributed by atoms with Gasteiger partial charge in [-0.05, 0) is 84.4 Å². The van der Waals surface area contributed by atoms with E-state index in [1.807, 2.05) is 78.9 Å². The summed E-state index contributed by atoms with van der Waals surface area (Å²) in [5.74, 6) is -0.732. The lowest BCUT2D eigenvalue weighted by molar-refractivity contribution is -0.115. The predicted molar refractivity (Wildman–Crippen MR) is 179 cm³/mol. The van der Waals surface area contributed by atoms with E-state index in [2.05, 4.69) is 10.6 Å². The maximum atomic E-state index is 13.4. The monoisotopic (exact) mass is 617 g/mol. The van der Waals surface area contributed by atoms with E-state index in [-0.39, 0.29) is 17.4 Å². The second kappa shape index (κ2) is 14.9. The fourth-order valence-corrected chi connectivity index (χ4v) is 5.18. The predicted octanol–water partition coefficient (Wildman–Crippen LogP) is 8.21. The molecule has 0 atom stereocenters. The Morgan fingerprint density at radius 2 is 1.23 bits per heavy atom. The van der Waals surface area contributed by atoms with E-state index >= 15 is 0 Å². The fourth-order valence-electron chi connectivity index (χ4n) is 4.30. The molecule has 0 heterocycles. The van der Waals surface area contributed by atoms with Gasteiger partial charge in [-0.2, -0.15) is 0 Å². The smallest absolute Gasteiger partial charge is 0.272 e. The fraction of sp³-hybridized carbons (Fsp3) is 0.0278. The van der Waals surface area contributed by atoms with Crippen molar-refractivity contribution in [3.05, 3.63) is 161 Å². The molecule has 0 saturated heterocycles. The molecule has 0 aliphatic carbocycles. The number of nitrogens with one attached hydrogen (secondary N) is 2. The largest absolute Gasteiger partial charge is 0.321 e. The van der Waals surface area contributed by atoms with Crippen LogP contribution in [0.25, 0.3) is 6.08 Å². The number of anilines is 3. The average Bonchev–Trinajstić information content (AvgIpc) is 3.06. The number of thioether (sulfide) groups is 1. The summed E-state index contributed by atoms with van der Waals surface area (Å²) in [6.07, 6.45) is 1.59. The Labute approximate surface area is 265 Å². The summed E-state index contributed by atoms with van der Waals surface area (Å²) in [4.78, 5) is 42.1. The molecule has 3 amide bonds. The Balaban J connectivity index is 1.26. The van der Waals surface area contributed by atoms with Crippen LogP contribution in [0.1, 0.15) is 15.9 Å². The average molecular weight is 618 g/mol. The van der Waals surface area contributed by atoms with E-state index in [4.69, 9.17) is 11.6 Å². The van der Waals surface area contributed by atoms with Crippen LogP contribution in [0.15, 0.2) is 150 Å². The van der Waals surface area contributed by atoms with Crippen LogP contribution in [0, 0.1) is 0 Å². The molecular formula is C36H28ClN3O3S. The topological polar surface area (TPSA) is 78.5 Å². The molecule has 0 fully saturated rings. The van der Waals surface area contributed by atoms with Crippen molar-refractivity contribution in [3.63, 3.8) is 0 Å². The first kappa shape index (κ1) is 30.4. The normalized spacial score (nSPS) is 11.0. The number of hydrogen-bond donors (Lipinski definition) is 2. The third-order valence-electron chi connectivity index (χ3n) is 6.46. The summed E-state index contributed by atoms with van der Waals surface area (Å²) < 4.78 is 0. The molecule has 0 bridgehead atoms. The van der Waals surface area contributed by atoms with Gasteiger partial charge < -0.3 is 10.6 Å². The van der Waals surface area contributed by atoms with Gasteiger partial charge in [-0.25, -0.2) is 0 Å².